The summed E-state index contributed by atoms with van der Waals surface area (Å²) in [5.74, 6) is 0.0882. The van der Waals surface area contributed by atoms with Crippen molar-refractivity contribution in [3.8, 4) is 0 Å². The van der Waals surface area contributed by atoms with Gasteiger partial charge in [-0.2, -0.15) is 0 Å². The van der Waals surface area contributed by atoms with E-state index in [0.717, 1.165) is 29.6 Å². The Morgan fingerprint density at radius 2 is 2.29 bits per heavy atom. The number of rotatable bonds is 5. The number of nitrogens with zero attached hydrogens (tertiary/aromatic N) is 1. The third-order valence-electron chi connectivity index (χ3n) is 4.00. The van der Waals surface area contributed by atoms with Gasteiger partial charge in [-0.25, -0.2) is 4.98 Å². The van der Waals surface area contributed by atoms with Gasteiger partial charge in [0, 0.05) is 6.54 Å². The second-order valence-electron chi connectivity index (χ2n) is 5.64. The zero-order chi connectivity index (χ0) is 14.5. The Balaban J connectivity index is 1.48. The first-order valence-corrected chi connectivity index (χ1v) is 7.68. The van der Waals surface area contributed by atoms with Crippen LogP contribution in [0, 0.1) is 0 Å². The van der Waals surface area contributed by atoms with Gasteiger partial charge >= 0.3 is 0 Å². The summed E-state index contributed by atoms with van der Waals surface area (Å²) in [6.45, 7) is 0.747. The normalized spacial score (nSPS) is 15.0. The van der Waals surface area contributed by atoms with Crippen molar-refractivity contribution in [3.63, 3.8) is 0 Å². The first-order valence-electron chi connectivity index (χ1n) is 7.68. The summed E-state index contributed by atoms with van der Waals surface area (Å²) in [6.07, 6.45) is 10.4. The van der Waals surface area contributed by atoms with Crippen LogP contribution in [0.5, 0.6) is 0 Å². The molecule has 0 unspecified atom stereocenters. The molecule has 2 N–H and O–H groups in total. The molecule has 0 radical (unpaired) electrons. The summed E-state index contributed by atoms with van der Waals surface area (Å²) < 4.78 is 0. The lowest BCUT2D eigenvalue weighted by atomic mass is 9.97. The van der Waals surface area contributed by atoms with E-state index < -0.39 is 0 Å². The average Bonchev–Trinajstić information content (AvgIpc) is 2.96. The van der Waals surface area contributed by atoms with Gasteiger partial charge in [0.2, 0.25) is 5.91 Å². The predicted octanol–water partition coefficient (Wildman–Crippen LogP) is 3.11. The van der Waals surface area contributed by atoms with Crippen LogP contribution in [-0.2, 0) is 11.2 Å². The van der Waals surface area contributed by atoms with Gasteiger partial charge in [-0.15, -0.1) is 0 Å². The number of carbonyl (C=O) groups excluding carboxylic acids is 1. The number of nitrogens with one attached hydrogen (secondary N) is 2. The fraction of sp³-hybridized carbons (Fsp3) is 0.412. The van der Waals surface area contributed by atoms with E-state index in [0.29, 0.717) is 6.42 Å². The van der Waals surface area contributed by atoms with Gasteiger partial charge < -0.3 is 10.3 Å². The van der Waals surface area contributed by atoms with Gasteiger partial charge in [-0.05, 0) is 49.8 Å². The number of H-pyrrole nitrogens is 1. The molecule has 110 valence electrons. The van der Waals surface area contributed by atoms with Gasteiger partial charge in [0.25, 0.3) is 0 Å². The van der Waals surface area contributed by atoms with Crippen molar-refractivity contribution in [2.24, 2.45) is 0 Å². The largest absolute Gasteiger partial charge is 0.355 e. The van der Waals surface area contributed by atoms with Crippen LogP contribution in [0.2, 0.25) is 0 Å². The highest BCUT2D eigenvalue weighted by Crippen LogP contribution is 2.19. The van der Waals surface area contributed by atoms with E-state index in [1.165, 1.54) is 31.3 Å². The quantitative estimate of drug-likeness (QED) is 0.828. The third-order valence-corrected chi connectivity index (χ3v) is 4.00. The molecule has 0 saturated heterocycles. The summed E-state index contributed by atoms with van der Waals surface area (Å²) in [4.78, 5) is 19.2. The molecule has 0 fully saturated rings. The van der Waals surface area contributed by atoms with Crippen molar-refractivity contribution in [3.05, 3.63) is 41.7 Å². The Hall–Kier alpha value is -2.10. The number of fused-ring (bicyclic) bond motifs is 1. The Morgan fingerprint density at radius 1 is 1.33 bits per heavy atom. The van der Waals surface area contributed by atoms with E-state index in [9.17, 15) is 4.79 Å². The van der Waals surface area contributed by atoms with Gasteiger partial charge in [0.15, 0.2) is 0 Å². The van der Waals surface area contributed by atoms with Crippen LogP contribution < -0.4 is 5.32 Å². The molecule has 1 aromatic carbocycles. The molecule has 21 heavy (non-hydrogen) atoms. The molecule has 3 rings (SSSR count). The minimum Gasteiger partial charge on any atom is -0.355 e. The van der Waals surface area contributed by atoms with Crippen LogP contribution in [0.3, 0.4) is 0 Å². The highest BCUT2D eigenvalue weighted by atomic mass is 16.1. The fourth-order valence-corrected chi connectivity index (χ4v) is 2.83. The van der Waals surface area contributed by atoms with E-state index >= 15 is 0 Å². The van der Waals surface area contributed by atoms with Crippen molar-refractivity contribution in [1.29, 1.82) is 0 Å². The van der Waals surface area contributed by atoms with E-state index in [-0.39, 0.29) is 5.91 Å². The van der Waals surface area contributed by atoms with Crippen LogP contribution in [-0.4, -0.2) is 22.4 Å². The molecular formula is C17H21N3O. The van der Waals surface area contributed by atoms with Crippen molar-refractivity contribution in [2.75, 3.05) is 6.54 Å². The zero-order valence-electron chi connectivity index (χ0n) is 12.2. The molecule has 1 aliphatic carbocycles. The van der Waals surface area contributed by atoms with Crippen molar-refractivity contribution in [2.45, 2.75) is 38.5 Å². The number of hydrogen-bond acceptors (Lipinski definition) is 2. The fourth-order valence-electron chi connectivity index (χ4n) is 2.83. The Labute approximate surface area is 124 Å². The number of benzene rings is 1. The number of aromatic nitrogens is 2. The molecule has 1 aromatic heterocycles. The molecule has 0 atom stereocenters. The maximum atomic E-state index is 12.0. The molecular weight excluding hydrogens is 262 g/mol. The van der Waals surface area contributed by atoms with Crippen LogP contribution in [0.1, 0.15) is 37.7 Å². The molecule has 0 aliphatic heterocycles. The van der Waals surface area contributed by atoms with E-state index in [1.54, 1.807) is 6.33 Å². The molecule has 1 heterocycles. The highest BCUT2D eigenvalue weighted by Gasteiger charge is 2.07. The third kappa shape index (κ3) is 3.72. The lowest BCUT2D eigenvalue weighted by Crippen LogP contribution is -2.26. The first kappa shape index (κ1) is 13.9. The van der Waals surface area contributed by atoms with Crippen LogP contribution in [0.4, 0.5) is 0 Å². The lowest BCUT2D eigenvalue weighted by molar-refractivity contribution is -0.120. The Morgan fingerprint density at radius 3 is 3.14 bits per heavy atom. The molecule has 4 heteroatoms. The SMILES string of the molecule is O=C(Cc1ccc2nc[nH]c2c1)NCCC1=CCCCC1. The number of carbonyl (C=O) groups is 1. The smallest absolute Gasteiger partial charge is 0.224 e. The Kier molecular flexibility index (Phi) is 4.34. The number of imidazole rings is 1. The number of allylic oxidation sites excluding steroid dienone is 1. The van der Waals surface area contributed by atoms with Gasteiger partial charge in [0.1, 0.15) is 0 Å². The molecule has 4 nitrogen and oxygen atoms in total. The average molecular weight is 283 g/mol. The maximum absolute atomic E-state index is 12.0. The standard InChI is InChI=1S/C17H21N3O/c21-17(18-9-8-13-4-2-1-3-5-13)11-14-6-7-15-16(10-14)20-12-19-15/h4,6-7,10,12H,1-3,5,8-9,11H2,(H,18,21)(H,19,20). The van der Waals surface area contributed by atoms with E-state index in [4.69, 9.17) is 0 Å². The summed E-state index contributed by atoms with van der Waals surface area (Å²) in [5.41, 5.74) is 4.43. The Bertz CT molecular complexity index is 657. The first-order chi connectivity index (χ1) is 10.3. The minimum atomic E-state index is 0.0882. The summed E-state index contributed by atoms with van der Waals surface area (Å²) in [5, 5.41) is 3.01. The van der Waals surface area contributed by atoms with Crippen molar-refractivity contribution >= 4 is 16.9 Å². The summed E-state index contributed by atoms with van der Waals surface area (Å²) in [6, 6.07) is 5.90. The van der Waals surface area contributed by atoms with Crippen LogP contribution >= 0.6 is 0 Å². The van der Waals surface area contributed by atoms with Crippen molar-refractivity contribution < 1.29 is 4.79 Å². The zero-order valence-corrected chi connectivity index (χ0v) is 12.2. The molecule has 1 aliphatic rings. The minimum absolute atomic E-state index is 0.0882. The summed E-state index contributed by atoms with van der Waals surface area (Å²) >= 11 is 0. The molecule has 0 spiro atoms. The molecule has 0 bridgehead atoms. The second-order valence-corrected chi connectivity index (χ2v) is 5.64. The maximum Gasteiger partial charge on any atom is 0.224 e. The molecule has 1 amide bonds. The number of amides is 1. The summed E-state index contributed by atoms with van der Waals surface area (Å²) in [7, 11) is 0. The van der Waals surface area contributed by atoms with Gasteiger partial charge in [0.05, 0.1) is 23.8 Å². The topological polar surface area (TPSA) is 57.8 Å². The molecule has 0 saturated carbocycles. The number of aromatic amines is 1. The van der Waals surface area contributed by atoms with E-state index in [2.05, 4.69) is 21.4 Å². The van der Waals surface area contributed by atoms with E-state index in [1.807, 2.05) is 18.2 Å². The van der Waals surface area contributed by atoms with Crippen LogP contribution in [0.15, 0.2) is 36.2 Å². The number of hydrogen-bond donors (Lipinski definition) is 2. The predicted molar refractivity (Wildman–Crippen MR) is 84.0 cm³/mol. The van der Waals surface area contributed by atoms with Crippen LogP contribution in [0.25, 0.3) is 11.0 Å². The molecule has 2 aromatic rings. The second kappa shape index (κ2) is 6.57. The van der Waals surface area contributed by atoms with Crippen molar-refractivity contribution in [1.82, 2.24) is 15.3 Å². The van der Waals surface area contributed by atoms with Gasteiger partial charge in [-0.1, -0.05) is 17.7 Å². The van der Waals surface area contributed by atoms with Gasteiger partial charge in [-0.3, -0.25) is 4.79 Å². The monoisotopic (exact) mass is 283 g/mol. The highest BCUT2D eigenvalue weighted by molar-refractivity contribution is 5.81. The lowest BCUT2D eigenvalue weighted by Gasteiger charge is -2.13.